The summed E-state index contributed by atoms with van der Waals surface area (Å²) in [6.45, 7) is 2.12. The molecular formula is C19H22N2O4S. The van der Waals surface area contributed by atoms with Crippen molar-refractivity contribution < 1.29 is 18.0 Å². The number of benzene rings is 2. The van der Waals surface area contributed by atoms with Crippen molar-refractivity contribution >= 4 is 32.4 Å². The zero-order chi connectivity index (χ0) is 18.7. The van der Waals surface area contributed by atoms with Gasteiger partial charge in [-0.25, -0.2) is 8.42 Å². The van der Waals surface area contributed by atoms with Gasteiger partial charge in [-0.05, 0) is 36.2 Å². The lowest BCUT2D eigenvalue weighted by atomic mass is 10.1. The van der Waals surface area contributed by atoms with Crippen molar-refractivity contribution in [2.45, 2.75) is 19.4 Å². The third-order valence-electron chi connectivity index (χ3n) is 4.60. The van der Waals surface area contributed by atoms with Crippen LogP contribution >= 0.6 is 0 Å². The highest BCUT2D eigenvalue weighted by Crippen LogP contribution is 2.17. The molecule has 1 atom stereocenters. The highest BCUT2D eigenvalue weighted by atomic mass is 32.2. The van der Waals surface area contributed by atoms with E-state index < -0.39 is 9.84 Å². The van der Waals surface area contributed by atoms with Crippen molar-refractivity contribution in [1.82, 2.24) is 10.2 Å². The van der Waals surface area contributed by atoms with Gasteiger partial charge in [-0.1, -0.05) is 30.3 Å². The lowest BCUT2D eigenvalue weighted by Gasteiger charge is -2.21. The molecule has 7 heteroatoms. The Kier molecular flexibility index (Phi) is 5.27. The number of nitrogens with zero attached hydrogens (tertiary/aromatic N) is 1. The molecule has 1 aliphatic rings. The predicted octanol–water partition coefficient (Wildman–Crippen LogP) is 1.61. The van der Waals surface area contributed by atoms with Gasteiger partial charge in [0.1, 0.15) is 0 Å². The Hall–Kier alpha value is -2.41. The van der Waals surface area contributed by atoms with E-state index >= 15 is 0 Å². The number of carbonyl (C=O) groups is 2. The van der Waals surface area contributed by atoms with E-state index in [1.54, 1.807) is 6.07 Å². The van der Waals surface area contributed by atoms with Crippen LogP contribution in [0.4, 0.5) is 0 Å². The number of sulfone groups is 1. The minimum atomic E-state index is -3.05. The standard InChI is InChI=1S/C19H22N2O4S/c1-2-21(12-18(22)20-17-9-10-26(24,25)13-17)19(23)16-8-7-14-5-3-4-6-15(14)11-16/h3-8,11,17H,2,9-10,12-13H2,1H3,(H,20,22). The summed E-state index contributed by atoms with van der Waals surface area (Å²) in [5.41, 5.74) is 0.529. The van der Waals surface area contributed by atoms with Crippen LogP contribution in [0.1, 0.15) is 23.7 Å². The fourth-order valence-corrected chi connectivity index (χ4v) is 4.86. The van der Waals surface area contributed by atoms with E-state index in [0.717, 1.165) is 10.8 Å². The van der Waals surface area contributed by atoms with Gasteiger partial charge in [-0.3, -0.25) is 9.59 Å². The van der Waals surface area contributed by atoms with Crippen molar-refractivity contribution in [3.8, 4) is 0 Å². The van der Waals surface area contributed by atoms with Gasteiger partial charge < -0.3 is 10.2 Å². The third-order valence-corrected chi connectivity index (χ3v) is 6.37. The summed E-state index contributed by atoms with van der Waals surface area (Å²) >= 11 is 0. The third kappa shape index (κ3) is 4.22. The number of carbonyl (C=O) groups excluding carboxylic acids is 2. The zero-order valence-corrected chi connectivity index (χ0v) is 15.5. The summed E-state index contributed by atoms with van der Waals surface area (Å²) in [7, 11) is -3.05. The Morgan fingerprint density at radius 1 is 1.15 bits per heavy atom. The van der Waals surface area contributed by atoms with Gasteiger partial charge >= 0.3 is 0 Å². The van der Waals surface area contributed by atoms with Crippen LogP contribution in [0.3, 0.4) is 0 Å². The molecule has 138 valence electrons. The molecule has 1 fully saturated rings. The second kappa shape index (κ2) is 7.45. The minimum Gasteiger partial charge on any atom is -0.351 e. The van der Waals surface area contributed by atoms with E-state index in [0.29, 0.717) is 18.5 Å². The number of amides is 2. The summed E-state index contributed by atoms with van der Waals surface area (Å²) in [5.74, 6) is -0.467. The summed E-state index contributed by atoms with van der Waals surface area (Å²) in [5, 5.41) is 4.74. The Bertz CT molecular complexity index is 939. The van der Waals surface area contributed by atoms with Crippen LogP contribution in [-0.2, 0) is 14.6 Å². The van der Waals surface area contributed by atoms with E-state index in [9.17, 15) is 18.0 Å². The van der Waals surface area contributed by atoms with Crippen molar-refractivity contribution in [3.63, 3.8) is 0 Å². The lowest BCUT2D eigenvalue weighted by molar-refractivity contribution is -0.122. The molecular weight excluding hydrogens is 352 g/mol. The van der Waals surface area contributed by atoms with Gasteiger partial charge in [0.25, 0.3) is 5.91 Å². The van der Waals surface area contributed by atoms with Crippen molar-refractivity contribution in [2.75, 3.05) is 24.6 Å². The molecule has 1 unspecified atom stereocenters. The fourth-order valence-electron chi connectivity index (χ4n) is 3.19. The number of nitrogens with one attached hydrogen (secondary N) is 1. The maximum atomic E-state index is 12.7. The molecule has 1 N–H and O–H groups in total. The van der Waals surface area contributed by atoms with E-state index in [1.807, 2.05) is 43.3 Å². The SMILES string of the molecule is CCN(CC(=O)NC1CCS(=O)(=O)C1)C(=O)c1ccc2ccccc2c1. The first-order valence-electron chi connectivity index (χ1n) is 8.66. The topological polar surface area (TPSA) is 83.6 Å². The second-order valence-corrected chi connectivity index (χ2v) is 8.78. The Morgan fingerprint density at radius 3 is 2.54 bits per heavy atom. The molecule has 2 aromatic rings. The monoisotopic (exact) mass is 374 g/mol. The van der Waals surface area contributed by atoms with E-state index in [2.05, 4.69) is 5.32 Å². The van der Waals surface area contributed by atoms with Gasteiger partial charge in [0, 0.05) is 18.2 Å². The first kappa shape index (κ1) is 18.4. The predicted molar refractivity (Wildman–Crippen MR) is 101 cm³/mol. The molecule has 0 aromatic heterocycles. The smallest absolute Gasteiger partial charge is 0.254 e. The minimum absolute atomic E-state index is 0.0243. The highest BCUT2D eigenvalue weighted by molar-refractivity contribution is 7.91. The van der Waals surface area contributed by atoms with Crippen LogP contribution < -0.4 is 5.32 Å². The highest BCUT2D eigenvalue weighted by Gasteiger charge is 2.29. The van der Waals surface area contributed by atoms with Gasteiger partial charge in [-0.15, -0.1) is 0 Å². The fraction of sp³-hybridized carbons (Fsp3) is 0.368. The molecule has 1 heterocycles. The first-order valence-corrected chi connectivity index (χ1v) is 10.5. The molecule has 26 heavy (non-hydrogen) atoms. The zero-order valence-electron chi connectivity index (χ0n) is 14.6. The van der Waals surface area contributed by atoms with Gasteiger partial charge in [-0.2, -0.15) is 0 Å². The summed E-state index contributed by atoms with van der Waals surface area (Å²) in [4.78, 5) is 26.4. The van der Waals surface area contributed by atoms with Gasteiger partial charge in [0.15, 0.2) is 9.84 Å². The summed E-state index contributed by atoms with van der Waals surface area (Å²) in [6, 6.07) is 12.9. The molecule has 1 aliphatic heterocycles. The second-order valence-electron chi connectivity index (χ2n) is 6.55. The van der Waals surface area contributed by atoms with E-state index in [4.69, 9.17) is 0 Å². The van der Waals surface area contributed by atoms with Crippen LogP contribution in [-0.4, -0.2) is 55.8 Å². The maximum Gasteiger partial charge on any atom is 0.254 e. The molecule has 0 bridgehead atoms. The molecule has 0 saturated carbocycles. The van der Waals surface area contributed by atoms with Gasteiger partial charge in [0.2, 0.25) is 5.91 Å². The molecule has 0 aliphatic carbocycles. The van der Waals surface area contributed by atoms with Gasteiger partial charge in [0.05, 0.1) is 18.1 Å². The largest absolute Gasteiger partial charge is 0.351 e. The van der Waals surface area contributed by atoms with Crippen molar-refractivity contribution in [1.29, 1.82) is 0 Å². The Balaban J connectivity index is 1.67. The molecule has 0 radical (unpaired) electrons. The molecule has 6 nitrogen and oxygen atoms in total. The molecule has 2 amide bonds. The van der Waals surface area contributed by atoms with E-state index in [-0.39, 0.29) is 35.9 Å². The first-order chi connectivity index (χ1) is 12.4. The number of hydrogen-bond acceptors (Lipinski definition) is 4. The lowest BCUT2D eigenvalue weighted by Crippen LogP contribution is -2.44. The van der Waals surface area contributed by atoms with Crippen molar-refractivity contribution in [2.24, 2.45) is 0 Å². The quantitative estimate of drug-likeness (QED) is 0.862. The molecule has 2 aromatic carbocycles. The number of likely N-dealkylation sites (N-methyl/N-ethyl adjacent to an activating group) is 1. The summed E-state index contributed by atoms with van der Waals surface area (Å²) in [6.07, 6.45) is 0.429. The van der Waals surface area contributed by atoms with Crippen molar-refractivity contribution in [3.05, 3.63) is 48.0 Å². The number of rotatable bonds is 5. The molecule has 1 saturated heterocycles. The maximum absolute atomic E-state index is 12.7. The van der Waals surface area contributed by atoms with Crippen LogP contribution in [0.5, 0.6) is 0 Å². The van der Waals surface area contributed by atoms with Crippen LogP contribution in [0, 0.1) is 0 Å². The molecule has 3 rings (SSSR count). The average molecular weight is 374 g/mol. The molecule has 0 spiro atoms. The van der Waals surface area contributed by atoms with Crippen LogP contribution in [0.25, 0.3) is 10.8 Å². The van der Waals surface area contributed by atoms with E-state index in [1.165, 1.54) is 4.90 Å². The van der Waals surface area contributed by atoms with Crippen LogP contribution in [0.15, 0.2) is 42.5 Å². The Labute approximate surface area is 153 Å². The Morgan fingerprint density at radius 2 is 1.88 bits per heavy atom. The van der Waals surface area contributed by atoms with Crippen LogP contribution in [0.2, 0.25) is 0 Å². The number of fused-ring (bicyclic) bond motifs is 1. The summed E-state index contributed by atoms with van der Waals surface area (Å²) < 4.78 is 23.0. The normalized spacial score (nSPS) is 18.6. The average Bonchev–Trinajstić information content (AvgIpc) is 2.97. The number of hydrogen-bond donors (Lipinski definition) is 1.